The average molecular weight is 260 g/mol. The van der Waals surface area contributed by atoms with Gasteiger partial charge in [-0.2, -0.15) is 15.7 Å². The Kier molecular flexibility index (Phi) is 3.07. The third-order valence-electron chi connectivity index (χ3n) is 2.66. The standard InChI is InChI=1S/C13H12N2S2/c1-2-4-12-11(3-1)13(17-15-12)14-7-5-10-6-8-16-9-10/h1-4,6,8-9,14H,5,7H2. The van der Waals surface area contributed by atoms with Gasteiger partial charge in [-0.15, -0.1) is 0 Å². The van der Waals surface area contributed by atoms with Crippen LogP contribution in [-0.2, 0) is 6.42 Å². The van der Waals surface area contributed by atoms with Gasteiger partial charge in [-0.25, -0.2) is 0 Å². The maximum Gasteiger partial charge on any atom is 0.117 e. The minimum Gasteiger partial charge on any atom is -0.375 e. The second kappa shape index (κ2) is 4.85. The van der Waals surface area contributed by atoms with Gasteiger partial charge < -0.3 is 5.32 Å². The smallest absolute Gasteiger partial charge is 0.117 e. The van der Waals surface area contributed by atoms with Crippen molar-refractivity contribution in [1.29, 1.82) is 0 Å². The third kappa shape index (κ3) is 2.33. The second-order valence-electron chi connectivity index (χ2n) is 3.84. The van der Waals surface area contributed by atoms with Gasteiger partial charge in [-0.1, -0.05) is 12.1 Å². The molecular formula is C13H12N2S2. The van der Waals surface area contributed by atoms with Crippen molar-refractivity contribution in [3.05, 3.63) is 46.7 Å². The molecule has 3 aromatic rings. The summed E-state index contributed by atoms with van der Waals surface area (Å²) in [5.74, 6) is 0. The quantitative estimate of drug-likeness (QED) is 0.766. The Hall–Kier alpha value is -1.39. The summed E-state index contributed by atoms with van der Waals surface area (Å²) >= 11 is 3.29. The van der Waals surface area contributed by atoms with E-state index in [9.17, 15) is 0 Å². The Balaban J connectivity index is 1.69. The monoisotopic (exact) mass is 260 g/mol. The number of benzene rings is 1. The van der Waals surface area contributed by atoms with Crippen LogP contribution in [-0.4, -0.2) is 10.9 Å². The molecule has 0 aliphatic carbocycles. The van der Waals surface area contributed by atoms with Crippen molar-refractivity contribution >= 4 is 38.8 Å². The van der Waals surface area contributed by atoms with Crippen molar-refractivity contribution in [3.63, 3.8) is 0 Å². The fraction of sp³-hybridized carbons (Fsp3) is 0.154. The molecule has 4 heteroatoms. The van der Waals surface area contributed by atoms with Crippen molar-refractivity contribution in [2.24, 2.45) is 0 Å². The van der Waals surface area contributed by atoms with Gasteiger partial charge in [0.25, 0.3) is 0 Å². The van der Waals surface area contributed by atoms with Crippen molar-refractivity contribution in [2.45, 2.75) is 6.42 Å². The minimum absolute atomic E-state index is 0.961. The first kappa shape index (κ1) is 10.7. The lowest BCUT2D eigenvalue weighted by atomic mass is 10.2. The first-order valence-corrected chi connectivity index (χ1v) is 7.24. The lowest BCUT2D eigenvalue weighted by molar-refractivity contribution is 1.03. The predicted molar refractivity (Wildman–Crippen MR) is 76.1 cm³/mol. The van der Waals surface area contributed by atoms with E-state index in [2.05, 4.69) is 44.7 Å². The molecule has 0 fully saturated rings. The molecule has 0 atom stereocenters. The minimum atomic E-state index is 0.961. The lowest BCUT2D eigenvalue weighted by Gasteiger charge is -2.02. The summed E-state index contributed by atoms with van der Waals surface area (Å²) in [6.07, 6.45) is 1.07. The Labute approximate surface area is 108 Å². The van der Waals surface area contributed by atoms with E-state index in [1.54, 1.807) is 22.9 Å². The van der Waals surface area contributed by atoms with Crippen molar-refractivity contribution < 1.29 is 0 Å². The number of aromatic nitrogens is 1. The van der Waals surface area contributed by atoms with E-state index >= 15 is 0 Å². The van der Waals surface area contributed by atoms with Gasteiger partial charge in [0, 0.05) is 11.9 Å². The van der Waals surface area contributed by atoms with Crippen LogP contribution < -0.4 is 5.32 Å². The Morgan fingerprint density at radius 1 is 1.18 bits per heavy atom. The SMILES string of the molecule is c1ccc2c(NCCc3ccsc3)snc2c1. The molecule has 0 amide bonds. The topological polar surface area (TPSA) is 24.9 Å². The first-order valence-electron chi connectivity index (χ1n) is 5.53. The molecule has 1 aromatic carbocycles. The highest BCUT2D eigenvalue weighted by molar-refractivity contribution is 7.11. The number of nitrogens with one attached hydrogen (secondary N) is 1. The number of fused-ring (bicyclic) bond motifs is 1. The van der Waals surface area contributed by atoms with Gasteiger partial charge in [-0.3, -0.25) is 0 Å². The fourth-order valence-corrected chi connectivity index (χ4v) is 3.26. The van der Waals surface area contributed by atoms with Crippen molar-refractivity contribution in [2.75, 3.05) is 11.9 Å². The summed E-state index contributed by atoms with van der Waals surface area (Å²) in [4.78, 5) is 0. The molecule has 1 N–H and O–H groups in total. The van der Waals surface area contributed by atoms with E-state index < -0.39 is 0 Å². The second-order valence-corrected chi connectivity index (χ2v) is 5.39. The zero-order chi connectivity index (χ0) is 11.5. The summed E-state index contributed by atoms with van der Waals surface area (Å²) < 4.78 is 4.42. The molecule has 0 bridgehead atoms. The number of anilines is 1. The molecule has 2 nitrogen and oxygen atoms in total. The molecule has 0 aliphatic rings. The van der Waals surface area contributed by atoms with E-state index in [0.29, 0.717) is 0 Å². The maximum absolute atomic E-state index is 4.42. The highest BCUT2D eigenvalue weighted by Gasteiger charge is 2.03. The molecule has 86 valence electrons. The third-order valence-corrected chi connectivity index (χ3v) is 4.23. The molecule has 3 rings (SSSR count). The summed E-state index contributed by atoms with van der Waals surface area (Å²) in [5, 5.41) is 10.2. The fourth-order valence-electron chi connectivity index (χ4n) is 1.77. The van der Waals surface area contributed by atoms with Crippen LogP contribution in [0.15, 0.2) is 41.1 Å². The number of thiophene rings is 1. The molecule has 17 heavy (non-hydrogen) atoms. The molecule has 0 saturated carbocycles. The van der Waals surface area contributed by atoms with E-state index in [1.165, 1.54) is 16.0 Å². The number of nitrogens with zero attached hydrogens (tertiary/aromatic N) is 1. The molecule has 0 unspecified atom stereocenters. The van der Waals surface area contributed by atoms with Crippen LogP contribution in [0.5, 0.6) is 0 Å². The molecule has 0 radical (unpaired) electrons. The molecular weight excluding hydrogens is 248 g/mol. The van der Waals surface area contributed by atoms with Gasteiger partial charge in [0.15, 0.2) is 0 Å². The van der Waals surface area contributed by atoms with Crippen LogP contribution in [0.1, 0.15) is 5.56 Å². The number of hydrogen-bond donors (Lipinski definition) is 1. The lowest BCUT2D eigenvalue weighted by Crippen LogP contribution is -2.02. The molecule has 0 aliphatic heterocycles. The molecule has 0 spiro atoms. The molecule has 2 heterocycles. The molecule has 2 aromatic heterocycles. The highest BCUT2D eigenvalue weighted by Crippen LogP contribution is 2.27. The van der Waals surface area contributed by atoms with Crippen LogP contribution in [0.3, 0.4) is 0 Å². The number of rotatable bonds is 4. The van der Waals surface area contributed by atoms with E-state index in [0.717, 1.165) is 18.5 Å². The van der Waals surface area contributed by atoms with Crippen LogP contribution in [0.25, 0.3) is 10.9 Å². The number of hydrogen-bond acceptors (Lipinski definition) is 4. The van der Waals surface area contributed by atoms with Crippen molar-refractivity contribution in [1.82, 2.24) is 4.37 Å². The van der Waals surface area contributed by atoms with Crippen LogP contribution in [0.4, 0.5) is 5.00 Å². The zero-order valence-corrected chi connectivity index (χ0v) is 10.9. The van der Waals surface area contributed by atoms with Gasteiger partial charge in [0.2, 0.25) is 0 Å². The van der Waals surface area contributed by atoms with Gasteiger partial charge in [0.05, 0.1) is 5.52 Å². The van der Waals surface area contributed by atoms with Gasteiger partial charge in [0.1, 0.15) is 5.00 Å². The van der Waals surface area contributed by atoms with Crippen LogP contribution in [0.2, 0.25) is 0 Å². The zero-order valence-electron chi connectivity index (χ0n) is 9.22. The van der Waals surface area contributed by atoms with Crippen molar-refractivity contribution in [3.8, 4) is 0 Å². The first-order chi connectivity index (χ1) is 8.43. The molecule has 0 saturated heterocycles. The summed E-state index contributed by atoms with van der Waals surface area (Å²) in [7, 11) is 0. The predicted octanol–water partition coefficient (Wildman–Crippen LogP) is 4.01. The van der Waals surface area contributed by atoms with E-state index in [4.69, 9.17) is 0 Å². The largest absolute Gasteiger partial charge is 0.375 e. The summed E-state index contributed by atoms with van der Waals surface area (Å²) in [5.41, 5.74) is 2.48. The van der Waals surface area contributed by atoms with Crippen LogP contribution >= 0.6 is 22.9 Å². The van der Waals surface area contributed by atoms with Crippen LogP contribution in [0, 0.1) is 0 Å². The summed E-state index contributed by atoms with van der Waals surface area (Å²) in [6.45, 7) is 0.961. The Bertz CT molecular complexity index is 599. The highest BCUT2D eigenvalue weighted by atomic mass is 32.1. The van der Waals surface area contributed by atoms with Gasteiger partial charge in [-0.05, 0) is 52.5 Å². The summed E-state index contributed by atoms with van der Waals surface area (Å²) in [6, 6.07) is 10.4. The average Bonchev–Trinajstić information content (AvgIpc) is 2.99. The normalized spacial score (nSPS) is 10.8. The Morgan fingerprint density at radius 2 is 2.12 bits per heavy atom. The van der Waals surface area contributed by atoms with Gasteiger partial charge >= 0.3 is 0 Å². The van der Waals surface area contributed by atoms with E-state index in [1.807, 2.05) is 6.07 Å². The van der Waals surface area contributed by atoms with E-state index in [-0.39, 0.29) is 0 Å². The Morgan fingerprint density at radius 3 is 3.00 bits per heavy atom. The maximum atomic E-state index is 4.42.